The minimum absolute atomic E-state index is 0.0768. The van der Waals surface area contributed by atoms with E-state index in [1.165, 1.54) is 0 Å². The van der Waals surface area contributed by atoms with E-state index in [9.17, 15) is 9.59 Å². The quantitative estimate of drug-likeness (QED) is 0.148. The predicted molar refractivity (Wildman–Crippen MR) is 144 cm³/mol. The molecule has 9 nitrogen and oxygen atoms in total. The summed E-state index contributed by atoms with van der Waals surface area (Å²) in [6.45, 7) is 6.57. The van der Waals surface area contributed by atoms with Gasteiger partial charge in [0.15, 0.2) is 5.57 Å². The number of nitrogens with zero attached hydrogens (tertiary/aromatic N) is 4. The predicted octanol–water partition coefficient (Wildman–Crippen LogP) is 4.42. The molecule has 1 aliphatic heterocycles. The highest BCUT2D eigenvalue weighted by atomic mass is 16.6. The van der Waals surface area contributed by atoms with E-state index in [1.807, 2.05) is 23.4 Å². The average Bonchev–Trinajstić information content (AvgIpc) is 3.62. The monoisotopic (exact) mass is 514 g/mol. The first-order valence-electron chi connectivity index (χ1n) is 12.7. The highest BCUT2D eigenvalue weighted by Gasteiger charge is 2.24. The second-order valence-electron chi connectivity index (χ2n) is 8.86. The van der Waals surface area contributed by atoms with Gasteiger partial charge in [-0.1, -0.05) is 12.1 Å². The topological polar surface area (TPSA) is 90.0 Å². The molecule has 5 rings (SSSR count). The van der Waals surface area contributed by atoms with E-state index in [0.717, 1.165) is 46.6 Å². The van der Waals surface area contributed by atoms with Gasteiger partial charge in [0.25, 0.3) is 0 Å². The number of fused-ring (bicyclic) bond motifs is 1. The van der Waals surface area contributed by atoms with E-state index in [0.29, 0.717) is 13.1 Å². The van der Waals surface area contributed by atoms with Crippen LogP contribution in [0.25, 0.3) is 27.8 Å². The Morgan fingerprint density at radius 1 is 0.921 bits per heavy atom. The normalized spacial score (nSPS) is 13.4. The van der Waals surface area contributed by atoms with E-state index < -0.39 is 11.9 Å². The van der Waals surface area contributed by atoms with Gasteiger partial charge < -0.3 is 23.7 Å². The number of carbonyl (C=O) groups is 2. The van der Waals surface area contributed by atoms with Gasteiger partial charge in [0.05, 0.1) is 36.8 Å². The first-order valence-corrected chi connectivity index (χ1v) is 12.7. The molecule has 9 heteroatoms. The Kier molecular flexibility index (Phi) is 7.44. The molecule has 1 saturated heterocycles. The van der Waals surface area contributed by atoms with Crippen LogP contribution in [-0.4, -0.2) is 65.8 Å². The van der Waals surface area contributed by atoms with E-state index in [4.69, 9.17) is 13.9 Å². The lowest BCUT2D eigenvalue weighted by Gasteiger charge is -2.36. The third-order valence-electron chi connectivity index (χ3n) is 6.49. The molecule has 2 aromatic heterocycles. The van der Waals surface area contributed by atoms with Crippen molar-refractivity contribution < 1.29 is 23.5 Å². The van der Waals surface area contributed by atoms with Crippen molar-refractivity contribution in [2.24, 2.45) is 0 Å². The molecule has 0 amide bonds. The van der Waals surface area contributed by atoms with E-state index >= 15 is 0 Å². The Morgan fingerprint density at radius 2 is 1.66 bits per heavy atom. The van der Waals surface area contributed by atoms with Gasteiger partial charge in [0, 0.05) is 49.3 Å². The highest BCUT2D eigenvalue weighted by molar-refractivity contribution is 6.13. The number of hydrogen-bond donors (Lipinski definition) is 0. The first-order chi connectivity index (χ1) is 18.6. The van der Waals surface area contributed by atoms with Crippen LogP contribution in [0.4, 0.5) is 5.69 Å². The summed E-state index contributed by atoms with van der Waals surface area (Å²) in [7, 11) is 0. The molecule has 4 aromatic rings. The summed E-state index contributed by atoms with van der Waals surface area (Å²) < 4.78 is 17.4. The van der Waals surface area contributed by atoms with Crippen LogP contribution in [-0.2, 0) is 19.1 Å². The zero-order valence-electron chi connectivity index (χ0n) is 21.5. The van der Waals surface area contributed by atoms with Crippen molar-refractivity contribution in [3.05, 3.63) is 79.2 Å². The van der Waals surface area contributed by atoms with Crippen LogP contribution in [0.1, 0.15) is 13.8 Å². The second-order valence-corrected chi connectivity index (χ2v) is 8.86. The number of esters is 2. The van der Waals surface area contributed by atoms with Crippen molar-refractivity contribution in [3.63, 3.8) is 0 Å². The Balaban J connectivity index is 1.31. The maximum atomic E-state index is 12.3. The Hall–Kier alpha value is -4.53. The lowest BCUT2D eigenvalue weighted by atomic mass is 10.1. The zero-order chi connectivity index (χ0) is 26.5. The zero-order valence-corrected chi connectivity index (χ0v) is 21.5. The van der Waals surface area contributed by atoms with Gasteiger partial charge >= 0.3 is 11.9 Å². The molecular weight excluding hydrogens is 484 g/mol. The highest BCUT2D eigenvalue weighted by Crippen LogP contribution is 2.27. The van der Waals surface area contributed by atoms with Crippen LogP contribution >= 0.6 is 0 Å². The lowest BCUT2D eigenvalue weighted by Crippen LogP contribution is -2.44. The maximum Gasteiger partial charge on any atom is 0.347 e. The van der Waals surface area contributed by atoms with Crippen LogP contribution in [0.5, 0.6) is 0 Å². The Morgan fingerprint density at radius 3 is 2.34 bits per heavy atom. The first kappa shape index (κ1) is 25.1. The smallest absolute Gasteiger partial charge is 0.347 e. The van der Waals surface area contributed by atoms with Gasteiger partial charge in [0.2, 0.25) is 0 Å². The third kappa shape index (κ3) is 5.27. The molecule has 0 atom stereocenters. The molecule has 0 saturated carbocycles. The number of aromatic nitrogens is 2. The summed E-state index contributed by atoms with van der Waals surface area (Å²) in [6.07, 6.45) is 6.81. The third-order valence-corrected chi connectivity index (χ3v) is 6.49. The van der Waals surface area contributed by atoms with Gasteiger partial charge in [-0.2, -0.15) is 0 Å². The number of furan rings is 1. The van der Waals surface area contributed by atoms with Crippen molar-refractivity contribution in [3.8, 4) is 16.8 Å². The van der Waals surface area contributed by atoms with Crippen molar-refractivity contribution in [2.75, 3.05) is 44.3 Å². The van der Waals surface area contributed by atoms with Gasteiger partial charge in [0.1, 0.15) is 6.33 Å². The lowest BCUT2D eigenvalue weighted by molar-refractivity contribution is -0.146. The van der Waals surface area contributed by atoms with Crippen molar-refractivity contribution in [1.29, 1.82) is 0 Å². The number of carbonyl (C=O) groups excluding carboxylic acids is 2. The number of benzene rings is 2. The molecule has 1 aliphatic rings. The number of anilines is 1. The minimum Gasteiger partial charge on any atom is -0.472 e. The number of rotatable bonds is 8. The SMILES string of the molecule is CCOC(=O)C(=CN1CCN(c2cccc(-n3cnc4cc(-c5ccoc5)ccc43)c2)CC1)C(=O)OCC. The van der Waals surface area contributed by atoms with Gasteiger partial charge in [-0.25, -0.2) is 14.6 Å². The molecule has 0 bridgehead atoms. The molecule has 0 radical (unpaired) electrons. The number of hydrogen-bond acceptors (Lipinski definition) is 8. The summed E-state index contributed by atoms with van der Waals surface area (Å²) in [6, 6.07) is 16.5. The summed E-state index contributed by atoms with van der Waals surface area (Å²) in [4.78, 5) is 33.5. The fourth-order valence-corrected chi connectivity index (χ4v) is 4.56. The van der Waals surface area contributed by atoms with Crippen molar-refractivity contribution in [2.45, 2.75) is 13.8 Å². The molecule has 38 heavy (non-hydrogen) atoms. The van der Waals surface area contributed by atoms with Gasteiger partial charge in [-0.3, -0.25) is 4.57 Å². The molecule has 0 spiro atoms. The molecule has 196 valence electrons. The van der Waals surface area contributed by atoms with Crippen LogP contribution in [0.3, 0.4) is 0 Å². The average molecular weight is 515 g/mol. The van der Waals surface area contributed by atoms with E-state index in [2.05, 4.69) is 50.8 Å². The molecular formula is C29H30N4O5. The van der Waals surface area contributed by atoms with Crippen LogP contribution in [0.15, 0.2) is 83.6 Å². The maximum absolute atomic E-state index is 12.3. The summed E-state index contributed by atoms with van der Waals surface area (Å²) in [5.41, 5.74) is 6.06. The summed E-state index contributed by atoms with van der Waals surface area (Å²) in [5.74, 6) is -1.32. The Labute approximate surface area is 220 Å². The number of imidazole rings is 1. The van der Waals surface area contributed by atoms with Crippen LogP contribution in [0.2, 0.25) is 0 Å². The Bertz CT molecular complexity index is 1430. The molecule has 0 unspecified atom stereocenters. The fourth-order valence-electron chi connectivity index (χ4n) is 4.56. The van der Waals surface area contributed by atoms with Crippen LogP contribution in [0, 0.1) is 0 Å². The number of piperazine rings is 1. The van der Waals surface area contributed by atoms with E-state index in [-0.39, 0.29) is 18.8 Å². The fraction of sp³-hybridized carbons (Fsp3) is 0.276. The standard InChI is InChI=1S/C29H30N4O5/c1-3-37-28(34)25(29(35)38-4-2)18-31-11-13-32(14-12-31)23-6-5-7-24(17-23)33-20-30-26-16-21(8-9-27(26)33)22-10-15-36-19-22/h5-10,15-20H,3-4,11-14H2,1-2H3. The summed E-state index contributed by atoms with van der Waals surface area (Å²) >= 11 is 0. The molecule has 3 heterocycles. The number of ether oxygens (including phenoxy) is 2. The summed E-state index contributed by atoms with van der Waals surface area (Å²) in [5, 5.41) is 0. The molecule has 1 fully saturated rings. The van der Waals surface area contributed by atoms with Gasteiger partial charge in [-0.05, 0) is 55.8 Å². The van der Waals surface area contributed by atoms with Crippen molar-refractivity contribution >= 4 is 28.7 Å². The van der Waals surface area contributed by atoms with E-state index in [1.54, 1.807) is 32.6 Å². The largest absolute Gasteiger partial charge is 0.472 e. The van der Waals surface area contributed by atoms with Crippen LogP contribution < -0.4 is 4.90 Å². The van der Waals surface area contributed by atoms with Gasteiger partial charge in [-0.15, -0.1) is 0 Å². The van der Waals surface area contributed by atoms with Crippen molar-refractivity contribution in [1.82, 2.24) is 14.5 Å². The minimum atomic E-state index is -0.662. The molecule has 0 N–H and O–H groups in total. The molecule has 2 aromatic carbocycles. The molecule has 0 aliphatic carbocycles. The second kappa shape index (κ2) is 11.2.